The lowest BCUT2D eigenvalue weighted by Crippen LogP contribution is -2.66. The molecule has 4 aromatic rings. The summed E-state index contributed by atoms with van der Waals surface area (Å²) in [4.78, 5) is 52.9. The second-order valence-electron chi connectivity index (χ2n) is 10.0. The van der Waals surface area contributed by atoms with Crippen molar-refractivity contribution < 1.29 is 47.6 Å². The van der Waals surface area contributed by atoms with Crippen molar-refractivity contribution in [3.8, 4) is 0 Å². The zero-order valence-corrected chi connectivity index (χ0v) is 24.3. The van der Waals surface area contributed by atoms with Crippen LogP contribution in [0.3, 0.4) is 0 Å². The fourth-order valence-corrected chi connectivity index (χ4v) is 4.73. The molecule has 10 nitrogen and oxygen atoms in total. The molecule has 1 heterocycles. The molecule has 0 aromatic heterocycles. The SMILES string of the molecule is CO[C@]1(COC(=O)c2ccccc2)OC[C@@H](OC(=O)c2ccccc2)[C@@H](OC(=O)c2ccccc2)[C@@H]1OC(=O)c1ccccc1. The van der Waals surface area contributed by atoms with Gasteiger partial charge in [-0.25, -0.2) is 19.2 Å². The Morgan fingerprint density at radius 2 is 1.00 bits per heavy atom. The Morgan fingerprint density at radius 1 is 0.600 bits per heavy atom. The van der Waals surface area contributed by atoms with Crippen LogP contribution in [0.2, 0.25) is 0 Å². The number of rotatable bonds is 10. The van der Waals surface area contributed by atoms with Gasteiger partial charge in [0.15, 0.2) is 18.3 Å². The van der Waals surface area contributed by atoms with Crippen LogP contribution in [-0.4, -0.2) is 68.3 Å². The fourth-order valence-electron chi connectivity index (χ4n) is 4.73. The van der Waals surface area contributed by atoms with E-state index in [-0.39, 0.29) is 28.9 Å². The maximum absolute atomic E-state index is 13.4. The van der Waals surface area contributed by atoms with Gasteiger partial charge in [-0.2, -0.15) is 0 Å². The highest BCUT2D eigenvalue weighted by molar-refractivity contribution is 5.91. The van der Waals surface area contributed by atoms with E-state index >= 15 is 0 Å². The maximum Gasteiger partial charge on any atom is 0.338 e. The normalized spacial score (nSPS) is 20.8. The molecule has 1 aliphatic rings. The fraction of sp³-hybridized carbons (Fsp3) is 0.200. The third-order valence-corrected chi connectivity index (χ3v) is 7.11. The molecule has 0 unspecified atom stereocenters. The number of esters is 4. The molecule has 0 spiro atoms. The molecule has 5 rings (SSSR count). The van der Waals surface area contributed by atoms with E-state index in [1.54, 1.807) is 109 Å². The molecular weight excluding hydrogens is 580 g/mol. The molecule has 0 N–H and O–H groups in total. The number of carbonyl (C=O) groups is 4. The first-order chi connectivity index (χ1) is 21.9. The van der Waals surface area contributed by atoms with Crippen LogP contribution in [0.1, 0.15) is 41.4 Å². The summed E-state index contributed by atoms with van der Waals surface area (Å²) in [5, 5.41) is 0. The molecule has 4 aromatic carbocycles. The van der Waals surface area contributed by atoms with Crippen molar-refractivity contribution in [3.05, 3.63) is 144 Å². The number of hydrogen-bond acceptors (Lipinski definition) is 10. The van der Waals surface area contributed by atoms with Gasteiger partial charge in [0, 0.05) is 7.11 Å². The van der Waals surface area contributed by atoms with E-state index in [2.05, 4.69) is 0 Å². The Balaban J connectivity index is 1.51. The molecule has 10 heteroatoms. The van der Waals surface area contributed by atoms with Crippen LogP contribution in [0.4, 0.5) is 0 Å². The minimum atomic E-state index is -1.97. The van der Waals surface area contributed by atoms with Crippen molar-refractivity contribution in [2.75, 3.05) is 20.3 Å². The lowest BCUT2D eigenvalue weighted by Gasteiger charge is -2.46. The van der Waals surface area contributed by atoms with Crippen LogP contribution in [0.5, 0.6) is 0 Å². The van der Waals surface area contributed by atoms with Crippen LogP contribution in [0, 0.1) is 0 Å². The lowest BCUT2D eigenvalue weighted by atomic mass is 9.95. The van der Waals surface area contributed by atoms with Gasteiger partial charge in [-0.3, -0.25) is 0 Å². The highest BCUT2D eigenvalue weighted by Crippen LogP contribution is 2.35. The summed E-state index contributed by atoms with van der Waals surface area (Å²) < 4.78 is 35.1. The monoisotopic (exact) mass is 610 g/mol. The van der Waals surface area contributed by atoms with E-state index in [4.69, 9.17) is 28.4 Å². The third-order valence-electron chi connectivity index (χ3n) is 7.11. The third kappa shape index (κ3) is 7.43. The second kappa shape index (κ2) is 14.4. The van der Waals surface area contributed by atoms with Gasteiger partial charge in [-0.05, 0) is 48.5 Å². The molecule has 45 heavy (non-hydrogen) atoms. The smallest absolute Gasteiger partial charge is 0.338 e. The average Bonchev–Trinajstić information content (AvgIpc) is 3.10. The minimum Gasteiger partial charge on any atom is -0.456 e. The maximum atomic E-state index is 13.4. The molecule has 230 valence electrons. The molecule has 0 amide bonds. The van der Waals surface area contributed by atoms with Gasteiger partial charge in [0.05, 0.1) is 28.9 Å². The van der Waals surface area contributed by atoms with Crippen molar-refractivity contribution in [2.45, 2.75) is 24.1 Å². The average molecular weight is 611 g/mol. The molecular formula is C35H30O10. The molecule has 1 saturated heterocycles. The van der Waals surface area contributed by atoms with E-state index in [9.17, 15) is 19.2 Å². The Bertz CT molecular complexity index is 1600. The Morgan fingerprint density at radius 3 is 1.44 bits per heavy atom. The van der Waals surface area contributed by atoms with Crippen LogP contribution < -0.4 is 0 Å². The summed E-state index contributed by atoms with van der Waals surface area (Å²) >= 11 is 0. The minimum absolute atomic E-state index is 0.181. The largest absolute Gasteiger partial charge is 0.456 e. The highest BCUT2D eigenvalue weighted by Gasteiger charge is 2.58. The first-order valence-corrected chi connectivity index (χ1v) is 14.1. The molecule has 0 radical (unpaired) electrons. The summed E-state index contributed by atoms with van der Waals surface area (Å²) in [6.07, 6.45) is -4.29. The summed E-state index contributed by atoms with van der Waals surface area (Å²) in [6, 6.07) is 32.7. The molecule has 1 fully saturated rings. The van der Waals surface area contributed by atoms with Crippen molar-refractivity contribution in [1.29, 1.82) is 0 Å². The first-order valence-electron chi connectivity index (χ1n) is 14.1. The van der Waals surface area contributed by atoms with E-state index in [0.29, 0.717) is 0 Å². The molecule has 0 bridgehead atoms. The van der Waals surface area contributed by atoms with Crippen molar-refractivity contribution in [1.82, 2.24) is 0 Å². The zero-order chi connectivity index (χ0) is 31.6. The quantitative estimate of drug-likeness (QED) is 0.181. The van der Waals surface area contributed by atoms with Crippen molar-refractivity contribution in [3.63, 3.8) is 0 Å². The van der Waals surface area contributed by atoms with Gasteiger partial charge in [-0.1, -0.05) is 72.8 Å². The van der Waals surface area contributed by atoms with Crippen molar-refractivity contribution in [2.24, 2.45) is 0 Å². The number of ether oxygens (including phenoxy) is 6. The summed E-state index contributed by atoms with van der Waals surface area (Å²) in [6.45, 7) is -0.926. The molecule has 0 aliphatic carbocycles. The highest BCUT2D eigenvalue weighted by atomic mass is 16.8. The first kappa shape index (κ1) is 31.1. The summed E-state index contributed by atoms with van der Waals surface area (Å²) in [5.41, 5.74) is 0.882. The Kier molecular flexibility index (Phi) is 9.98. The Labute approximate surface area is 259 Å². The number of hydrogen-bond donors (Lipinski definition) is 0. The van der Waals surface area contributed by atoms with E-state index in [0.717, 1.165) is 0 Å². The zero-order valence-electron chi connectivity index (χ0n) is 24.3. The number of methoxy groups -OCH3 is 1. The van der Waals surface area contributed by atoms with Gasteiger partial charge in [0.25, 0.3) is 0 Å². The molecule has 0 saturated carbocycles. The van der Waals surface area contributed by atoms with Gasteiger partial charge < -0.3 is 28.4 Å². The number of benzene rings is 4. The van der Waals surface area contributed by atoms with Crippen molar-refractivity contribution >= 4 is 23.9 Å². The predicted octanol–water partition coefficient (Wildman–Crippen LogP) is 4.89. The van der Waals surface area contributed by atoms with Gasteiger partial charge in [0.1, 0.15) is 6.61 Å². The molecule has 4 atom stereocenters. The predicted molar refractivity (Wildman–Crippen MR) is 159 cm³/mol. The molecule has 1 aliphatic heterocycles. The summed E-state index contributed by atoms with van der Waals surface area (Å²) in [7, 11) is 1.27. The standard InChI is InChI=1S/C35H30O10/c1-40-35(23-41-31(36)24-14-6-2-7-15-24)30(45-34(39)27-20-12-5-13-21-27)29(44-33(38)26-18-10-4-11-19-26)28(22-42-35)43-32(37)25-16-8-3-9-17-25/h2-21,28-30H,22-23H2,1H3/t28-,29-,30+,35-/m1/s1. The lowest BCUT2D eigenvalue weighted by molar-refractivity contribution is -0.337. The van der Waals surface area contributed by atoms with Gasteiger partial charge >= 0.3 is 23.9 Å². The Hall–Kier alpha value is -5.32. The van der Waals surface area contributed by atoms with Crippen LogP contribution in [0.25, 0.3) is 0 Å². The second-order valence-corrected chi connectivity index (χ2v) is 10.0. The number of carbonyl (C=O) groups excluding carboxylic acids is 4. The van der Waals surface area contributed by atoms with E-state index < -0.39 is 54.6 Å². The van der Waals surface area contributed by atoms with Crippen LogP contribution >= 0.6 is 0 Å². The topological polar surface area (TPSA) is 124 Å². The van der Waals surface area contributed by atoms with E-state index in [1.165, 1.54) is 19.2 Å². The van der Waals surface area contributed by atoms with Crippen LogP contribution in [0.15, 0.2) is 121 Å². The van der Waals surface area contributed by atoms with E-state index in [1.807, 2.05) is 0 Å². The summed E-state index contributed by atoms with van der Waals surface area (Å²) in [5.74, 6) is -4.98. The van der Waals surface area contributed by atoms with Gasteiger partial charge in [-0.15, -0.1) is 0 Å². The van der Waals surface area contributed by atoms with Gasteiger partial charge in [0.2, 0.25) is 5.79 Å². The van der Waals surface area contributed by atoms with Crippen LogP contribution in [-0.2, 0) is 28.4 Å².